The van der Waals surface area contributed by atoms with Crippen LogP contribution in [0.2, 0.25) is 0 Å². The molecule has 0 radical (unpaired) electrons. The summed E-state index contributed by atoms with van der Waals surface area (Å²) in [6.07, 6.45) is -5.25. The van der Waals surface area contributed by atoms with Gasteiger partial charge >= 0.3 is 6.18 Å². The number of fused-ring (bicyclic) bond motifs is 2. The fourth-order valence-corrected chi connectivity index (χ4v) is 3.94. The Morgan fingerprint density at radius 3 is 2.56 bits per heavy atom. The molecular formula is C22H23F3N6O3. The lowest BCUT2D eigenvalue weighted by molar-refractivity contribution is -0.144. The summed E-state index contributed by atoms with van der Waals surface area (Å²) in [4.78, 5) is 36.3. The molecule has 34 heavy (non-hydrogen) atoms. The van der Waals surface area contributed by atoms with E-state index in [0.29, 0.717) is 28.4 Å². The molecule has 3 aromatic rings. The molecular weight excluding hydrogens is 453 g/mol. The zero-order chi connectivity index (χ0) is 24.8. The number of hydrogen-bond donors (Lipinski definition) is 0. The molecule has 2 amide bonds. The third-order valence-electron chi connectivity index (χ3n) is 5.68. The first-order valence-corrected chi connectivity index (χ1v) is 10.5. The molecule has 0 fully saturated rings. The maximum atomic E-state index is 13.2. The maximum Gasteiger partial charge on any atom is 0.453 e. The molecule has 2 aromatic heterocycles. The quantitative estimate of drug-likeness (QED) is 0.575. The summed E-state index contributed by atoms with van der Waals surface area (Å²) in [6, 6.07) is 6.96. The second kappa shape index (κ2) is 8.58. The van der Waals surface area contributed by atoms with Gasteiger partial charge in [0.1, 0.15) is 5.75 Å². The van der Waals surface area contributed by atoms with Crippen molar-refractivity contribution in [3.8, 4) is 5.75 Å². The van der Waals surface area contributed by atoms with Gasteiger partial charge in [-0.05, 0) is 38.0 Å². The highest BCUT2D eigenvalue weighted by molar-refractivity contribution is 5.97. The highest BCUT2D eigenvalue weighted by atomic mass is 19.4. The summed E-state index contributed by atoms with van der Waals surface area (Å²) >= 11 is 0. The Labute approximate surface area is 193 Å². The lowest BCUT2D eigenvalue weighted by Crippen LogP contribution is -2.50. The highest BCUT2D eigenvalue weighted by Crippen LogP contribution is 2.34. The lowest BCUT2D eigenvalue weighted by Gasteiger charge is -2.35. The molecule has 0 unspecified atom stereocenters. The van der Waals surface area contributed by atoms with E-state index in [0.717, 1.165) is 4.52 Å². The van der Waals surface area contributed by atoms with E-state index in [9.17, 15) is 22.8 Å². The van der Waals surface area contributed by atoms with Crippen LogP contribution in [0.4, 0.5) is 18.9 Å². The Kier molecular flexibility index (Phi) is 5.92. The molecule has 4 rings (SSSR count). The van der Waals surface area contributed by atoms with Gasteiger partial charge in [-0.2, -0.15) is 18.2 Å². The van der Waals surface area contributed by atoms with Crippen LogP contribution in [0.1, 0.15) is 29.2 Å². The van der Waals surface area contributed by atoms with Gasteiger partial charge in [-0.3, -0.25) is 9.59 Å². The van der Waals surface area contributed by atoms with Gasteiger partial charge in [0.05, 0.1) is 12.2 Å². The van der Waals surface area contributed by atoms with E-state index in [4.69, 9.17) is 4.74 Å². The van der Waals surface area contributed by atoms with Gasteiger partial charge in [-0.1, -0.05) is 12.1 Å². The van der Waals surface area contributed by atoms with Crippen LogP contribution in [0.15, 0.2) is 24.3 Å². The molecule has 0 aliphatic carbocycles. The number of anilines is 1. The first-order chi connectivity index (χ1) is 16.0. The summed E-state index contributed by atoms with van der Waals surface area (Å²) in [7, 11) is 3.23. The number of likely N-dealkylation sites (N-methyl/N-ethyl adjacent to an activating group) is 1. The SMILES string of the molecule is Cc1nc2nc(C(F)(F)F)nn2c(C)c1CCC(=O)N1C[C@H](C(=O)N(C)C)Oc2ccccc21. The minimum absolute atomic E-state index is 0.0485. The van der Waals surface area contributed by atoms with Crippen LogP contribution in [-0.2, 0) is 22.2 Å². The Morgan fingerprint density at radius 1 is 1.18 bits per heavy atom. The molecule has 0 bridgehead atoms. The van der Waals surface area contributed by atoms with Crippen molar-refractivity contribution in [1.29, 1.82) is 0 Å². The molecule has 0 saturated heterocycles. The molecule has 3 heterocycles. The summed E-state index contributed by atoms with van der Waals surface area (Å²) in [5.41, 5.74) is 2.08. The van der Waals surface area contributed by atoms with Crippen LogP contribution < -0.4 is 9.64 Å². The zero-order valence-corrected chi connectivity index (χ0v) is 19.0. The summed E-state index contributed by atoms with van der Waals surface area (Å²) < 4.78 is 45.9. The second-order valence-electron chi connectivity index (χ2n) is 8.22. The predicted octanol–water partition coefficient (Wildman–Crippen LogP) is 2.57. The van der Waals surface area contributed by atoms with E-state index in [2.05, 4.69) is 15.1 Å². The number of nitrogens with zero attached hydrogens (tertiary/aromatic N) is 6. The third-order valence-corrected chi connectivity index (χ3v) is 5.68. The molecule has 0 N–H and O–H groups in total. The number of amides is 2. The van der Waals surface area contributed by atoms with Gasteiger partial charge in [0.25, 0.3) is 17.5 Å². The Hall–Kier alpha value is -3.70. The maximum absolute atomic E-state index is 13.2. The van der Waals surface area contributed by atoms with Gasteiger partial charge in [-0.15, -0.1) is 5.10 Å². The van der Waals surface area contributed by atoms with Crippen LogP contribution in [0.5, 0.6) is 5.75 Å². The average Bonchev–Trinajstić information content (AvgIpc) is 3.22. The Balaban J connectivity index is 1.59. The van der Waals surface area contributed by atoms with Crippen LogP contribution >= 0.6 is 0 Å². The molecule has 12 heteroatoms. The van der Waals surface area contributed by atoms with E-state index in [1.54, 1.807) is 52.2 Å². The van der Waals surface area contributed by atoms with Crippen molar-refractivity contribution in [2.24, 2.45) is 0 Å². The fraction of sp³-hybridized carbons (Fsp3) is 0.409. The number of ether oxygens (including phenoxy) is 1. The minimum Gasteiger partial charge on any atom is -0.476 e. The zero-order valence-electron chi connectivity index (χ0n) is 19.0. The van der Waals surface area contributed by atoms with E-state index < -0.39 is 18.1 Å². The molecule has 0 saturated carbocycles. The molecule has 1 aliphatic heterocycles. The standard InChI is InChI=1S/C22H23F3N6O3/c1-12-14(13(2)31-21(26-12)27-20(28-31)22(23,24)25)9-10-18(32)30-11-17(19(33)29(3)4)34-16-8-6-5-7-15(16)30/h5-8,17H,9-11H2,1-4H3/t17-/m1/s1. The van der Waals surface area contributed by atoms with Crippen molar-refractivity contribution in [2.45, 2.75) is 39.0 Å². The first kappa shape index (κ1) is 23.5. The number of carbonyl (C=O) groups excluding carboxylic acids is 2. The van der Waals surface area contributed by atoms with Crippen LogP contribution in [0.25, 0.3) is 5.78 Å². The topological polar surface area (TPSA) is 92.9 Å². The number of hydrogen-bond acceptors (Lipinski definition) is 6. The summed E-state index contributed by atoms with van der Waals surface area (Å²) in [5.74, 6) is -1.50. The molecule has 180 valence electrons. The number of para-hydroxylation sites is 2. The number of alkyl halides is 3. The third kappa shape index (κ3) is 4.27. The lowest BCUT2D eigenvalue weighted by atomic mass is 10.1. The average molecular weight is 476 g/mol. The number of aryl methyl sites for hydroxylation is 2. The monoisotopic (exact) mass is 476 g/mol. The van der Waals surface area contributed by atoms with E-state index in [-0.39, 0.29) is 37.0 Å². The number of halogens is 3. The van der Waals surface area contributed by atoms with Gasteiger partial charge in [0, 0.05) is 31.9 Å². The van der Waals surface area contributed by atoms with Crippen LogP contribution in [-0.4, -0.2) is 63.0 Å². The molecule has 9 nitrogen and oxygen atoms in total. The molecule has 1 atom stereocenters. The van der Waals surface area contributed by atoms with Crippen molar-refractivity contribution >= 4 is 23.3 Å². The molecule has 0 spiro atoms. The second-order valence-corrected chi connectivity index (χ2v) is 8.22. The van der Waals surface area contributed by atoms with Gasteiger partial charge in [-0.25, -0.2) is 9.50 Å². The van der Waals surface area contributed by atoms with Gasteiger partial charge < -0.3 is 14.5 Å². The van der Waals surface area contributed by atoms with E-state index in [1.165, 1.54) is 9.80 Å². The van der Waals surface area contributed by atoms with E-state index >= 15 is 0 Å². The van der Waals surface area contributed by atoms with Crippen molar-refractivity contribution in [3.05, 3.63) is 47.0 Å². The Morgan fingerprint density at radius 2 is 1.88 bits per heavy atom. The number of aromatic nitrogens is 4. The minimum atomic E-state index is -4.69. The van der Waals surface area contributed by atoms with Crippen molar-refractivity contribution < 1.29 is 27.5 Å². The number of rotatable bonds is 4. The van der Waals surface area contributed by atoms with Gasteiger partial charge in [0.2, 0.25) is 5.91 Å². The normalized spacial score (nSPS) is 15.7. The van der Waals surface area contributed by atoms with Gasteiger partial charge in [0.15, 0.2) is 6.10 Å². The Bertz CT molecular complexity index is 1270. The first-order valence-electron chi connectivity index (χ1n) is 10.5. The van der Waals surface area contributed by atoms with Crippen LogP contribution in [0.3, 0.4) is 0 Å². The molecule has 1 aromatic carbocycles. The van der Waals surface area contributed by atoms with Crippen LogP contribution in [0, 0.1) is 13.8 Å². The smallest absolute Gasteiger partial charge is 0.453 e. The largest absolute Gasteiger partial charge is 0.476 e. The molecule has 1 aliphatic rings. The fourth-order valence-electron chi connectivity index (χ4n) is 3.94. The number of carbonyl (C=O) groups is 2. The van der Waals surface area contributed by atoms with Crippen molar-refractivity contribution in [1.82, 2.24) is 24.5 Å². The summed E-state index contributed by atoms with van der Waals surface area (Å²) in [5, 5.41) is 3.54. The summed E-state index contributed by atoms with van der Waals surface area (Å²) in [6.45, 7) is 3.33. The highest BCUT2D eigenvalue weighted by Gasteiger charge is 2.37. The predicted molar refractivity (Wildman–Crippen MR) is 115 cm³/mol. The number of benzene rings is 1. The van der Waals surface area contributed by atoms with Crippen molar-refractivity contribution in [2.75, 3.05) is 25.5 Å². The van der Waals surface area contributed by atoms with Crippen molar-refractivity contribution in [3.63, 3.8) is 0 Å². The van der Waals surface area contributed by atoms with E-state index in [1.807, 2.05) is 0 Å².